The highest BCUT2D eigenvalue weighted by Gasteiger charge is 2.28. The van der Waals surface area contributed by atoms with Crippen molar-refractivity contribution in [3.63, 3.8) is 0 Å². The lowest BCUT2D eigenvalue weighted by Crippen LogP contribution is -2.21. The van der Waals surface area contributed by atoms with E-state index in [4.69, 9.17) is 16.7 Å². The standard InChI is InChI=1S/C8H7F3N4OS/c9-8(10,11)2-15-7-3(1-12)4(13)5(17-7)6(14)16/h15H,2,13H2,(H2,14,16). The number of hydrogen-bond donors (Lipinski definition) is 3. The van der Waals surface area contributed by atoms with E-state index in [1.165, 1.54) is 0 Å². The van der Waals surface area contributed by atoms with Crippen LogP contribution in [0.5, 0.6) is 0 Å². The second kappa shape index (κ2) is 4.50. The molecule has 0 fully saturated rings. The lowest BCUT2D eigenvalue weighted by atomic mass is 10.2. The molecule has 5 nitrogen and oxygen atoms in total. The third kappa shape index (κ3) is 3.01. The number of nitrogens with zero attached hydrogens (tertiary/aromatic N) is 1. The molecule has 0 atom stereocenters. The van der Waals surface area contributed by atoms with Crippen LogP contribution in [-0.4, -0.2) is 18.6 Å². The van der Waals surface area contributed by atoms with Gasteiger partial charge in [0.1, 0.15) is 28.1 Å². The Labute approximate surface area is 97.8 Å². The Hall–Kier alpha value is -1.95. The molecule has 0 aliphatic rings. The van der Waals surface area contributed by atoms with Gasteiger partial charge in [0.05, 0.1) is 5.69 Å². The summed E-state index contributed by atoms with van der Waals surface area (Å²) in [6.45, 7) is -1.32. The average Bonchev–Trinajstić information content (AvgIpc) is 2.51. The fourth-order valence-corrected chi connectivity index (χ4v) is 1.96. The van der Waals surface area contributed by atoms with Gasteiger partial charge >= 0.3 is 6.18 Å². The van der Waals surface area contributed by atoms with E-state index < -0.39 is 18.6 Å². The van der Waals surface area contributed by atoms with Gasteiger partial charge in [-0.2, -0.15) is 18.4 Å². The van der Waals surface area contributed by atoms with Crippen molar-refractivity contribution in [2.24, 2.45) is 5.73 Å². The van der Waals surface area contributed by atoms with Crippen LogP contribution in [-0.2, 0) is 0 Å². The minimum Gasteiger partial charge on any atom is -0.396 e. The van der Waals surface area contributed by atoms with Crippen LogP contribution in [0.1, 0.15) is 15.2 Å². The zero-order chi connectivity index (χ0) is 13.2. The van der Waals surface area contributed by atoms with Gasteiger partial charge in [-0.05, 0) is 0 Å². The van der Waals surface area contributed by atoms with Crippen LogP contribution in [0, 0.1) is 11.3 Å². The first kappa shape index (κ1) is 13.1. The zero-order valence-electron chi connectivity index (χ0n) is 8.26. The van der Waals surface area contributed by atoms with Gasteiger partial charge in [0.2, 0.25) is 0 Å². The number of alkyl halides is 3. The van der Waals surface area contributed by atoms with Gasteiger partial charge in [0, 0.05) is 0 Å². The molecule has 0 aromatic carbocycles. The number of anilines is 2. The molecule has 0 aliphatic heterocycles. The number of carbonyl (C=O) groups is 1. The first-order valence-electron chi connectivity index (χ1n) is 4.19. The highest BCUT2D eigenvalue weighted by atomic mass is 32.1. The minimum atomic E-state index is -4.43. The molecule has 17 heavy (non-hydrogen) atoms. The maximum Gasteiger partial charge on any atom is 0.405 e. The van der Waals surface area contributed by atoms with Gasteiger partial charge in [-0.3, -0.25) is 4.79 Å². The van der Waals surface area contributed by atoms with Crippen molar-refractivity contribution in [1.29, 1.82) is 5.26 Å². The topological polar surface area (TPSA) is 105 Å². The molecule has 1 rings (SSSR count). The Bertz CT molecular complexity index is 488. The minimum absolute atomic E-state index is 0.115. The first-order valence-corrected chi connectivity index (χ1v) is 5.00. The molecule has 1 amide bonds. The van der Waals surface area contributed by atoms with E-state index >= 15 is 0 Å². The number of nitrogen functional groups attached to an aromatic ring is 1. The molecule has 0 bridgehead atoms. The molecule has 1 aromatic heterocycles. The Morgan fingerprint density at radius 2 is 2.12 bits per heavy atom. The number of nitriles is 1. The van der Waals surface area contributed by atoms with Crippen molar-refractivity contribution in [1.82, 2.24) is 0 Å². The Morgan fingerprint density at radius 1 is 1.53 bits per heavy atom. The SMILES string of the molecule is N#Cc1c(NCC(F)(F)F)sc(C(N)=O)c1N. The number of rotatable bonds is 3. The van der Waals surface area contributed by atoms with Gasteiger partial charge < -0.3 is 16.8 Å². The van der Waals surface area contributed by atoms with E-state index in [0.717, 1.165) is 0 Å². The summed E-state index contributed by atoms with van der Waals surface area (Å²) in [5.74, 6) is -0.885. The third-order valence-electron chi connectivity index (χ3n) is 1.73. The number of thiophene rings is 1. The fourth-order valence-electron chi connectivity index (χ4n) is 1.04. The lowest BCUT2D eigenvalue weighted by molar-refractivity contribution is -0.115. The predicted octanol–water partition coefficient (Wildman–Crippen LogP) is 1.28. The van der Waals surface area contributed by atoms with Crippen molar-refractivity contribution in [3.8, 4) is 6.07 Å². The van der Waals surface area contributed by atoms with E-state index in [1.54, 1.807) is 6.07 Å². The van der Waals surface area contributed by atoms with Crippen LogP contribution in [0.3, 0.4) is 0 Å². The number of carbonyl (C=O) groups excluding carboxylic acids is 1. The maximum atomic E-state index is 12.0. The van der Waals surface area contributed by atoms with Gasteiger partial charge in [-0.25, -0.2) is 0 Å². The molecule has 1 aromatic rings. The summed E-state index contributed by atoms with van der Waals surface area (Å²) in [4.78, 5) is 10.8. The lowest BCUT2D eigenvalue weighted by Gasteiger charge is -2.07. The summed E-state index contributed by atoms with van der Waals surface area (Å²) in [5.41, 5.74) is 9.99. The summed E-state index contributed by atoms with van der Waals surface area (Å²) in [6, 6.07) is 1.62. The highest BCUT2D eigenvalue weighted by Crippen LogP contribution is 2.35. The Kier molecular flexibility index (Phi) is 3.47. The van der Waals surface area contributed by atoms with Gasteiger partial charge in [-0.15, -0.1) is 11.3 Å². The van der Waals surface area contributed by atoms with E-state index in [0.29, 0.717) is 11.3 Å². The summed E-state index contributed by atoms with van der Waals surface area (Å²) in [7, 11) is 0. The van der Waals surface area contributed by atoms with Crippen LogP contribution in [0.15, 0.2) is 0 Å². The number of halogens is 3. The first-order chi connectivity index (χ1) is 7.76. The second-order valence-corrected chi connectivity index (χ2v) is 4.01. The summed E-state index contributed by atoms with van der Waals surface area (Å²) in [6.07, 6.45) is -4.43. The van der Waals surface area contributed by atoms with Crippen molar-refractivity contribution in [3.05, 3.63) is 10.4 Å². The van der Waals surface area contributed by atoms with E-state index in [2.05, 4.69) is 0 Å². The number of nitrogens with one attached hydrogen (secondary N) is 1. The van der Waals surface area contributed by atoms with Crippen LogP contribution in [0.2, 0.25) is 0 Å². The number of primary amides is 1. The largest absolute Gasteiger partial charge is 0.405 e. The van der Waals surface area contributed by atoms with Gasteiger partial charge in [0.15, 0.2) is 0 Å². The molecule has 1 heterocycles. The molecule has 0 aliphatic carbocycles. The third-order valence-corrected chi connectivity index (χ3v) is 2.91. The normalized spacial score (nSPS) is 10.9. The Morgan fingerprint density at radius 3 is 2.53 bits per heavy atom. The molecule has 5 N–H and O–H groups in total. The average molecular weight is 264 g/mol. The van der Waals surface area contributed by atoms with Crippen LogP contribution in [0.25, 0.3) is 0 Å². The molecule has 92 valence electrons. The van der Waals surface area contributed by atoms with Crippen molar-refractivity contribution in [2.75, 3.05) is 17.6 Å². The van der Waals surface area contributed by atoms with Crippen LogP contribution < -0.4 is 16.8 Å². The molecule has 0 radical (unpaired) electrons. The smallest absolute Gasteiger partial charge is 0.396 e. The van der Waals surface area contributed by atoms with E-state index in [1.807, 2.05) is 5.32 Å². The summed E-state index contributed by atoms with van der Waals surface area (Å²) >= 11 is 0.626. The molecule has 9 heteroatoms. The highest BCUT2D eigenvalue weighted by molar-refractivity contribution is 7.18. The number of hydrogen-bond acceptors (Lipinski definition) is 5. The van der Waals surface area contributed by atoms with Crippen LogP contribution >= 0.6 is 11.3 Å². The predicted molar refractivity (Wildman–Crippen MR) is 56.5 cm³/mol. The second-order valence-electron chi connectivity index (χ2n) is 2.99. The van der Waals surface area contributed by atoms with Crippen molar-refractivity contribution >= 4 is 27.9 Å². The molecular weight excluding hydrogens is 257 g/mol. The summed E-state index contributed by atoms with van der Waals surface area (Å²) in [5, 5.41) is 10.6. The molecule has 0 unspecified atom stereocenters. The van der Waals surface area contributed by atoms with Crippen molar-refractivity contribution < 1.29 is 18.0 Å². The quantitative estimate of drug-likeness (QED) is 0.764. The molecular formula is C8H7F3N4OS. The van der Waals surface area contributed by atoms with Crippen molar-refractivity contribution in [2.45, 2.75) is 6.18 Å². The maximum absolute atomic E-state index is 12.0. The molecule has 0 spiro atoms. The molecule has 0 saturated heterocycles. The monoisotopic (exact) mass is 264 g/mol. The van der Waals surface area contributed by atoms with Crippen LogP contribution in [0.4, 0.5) is 23.9 Å². The number of amides is 1. The Balaban J connectivity index is 3.05. The van der Waals surface area contributed by atoms with E-state index in [-0.39, 0.29) is 21.1 Å². The molecule has 0 saturated carbocycles. The fraction of sp³-hybridized carbons (Fsp3) is 0.250. The summed E-state index contributed by atoms with van der Waals surface area (Å²) < 4.78 is 35.9. The zero-order valence-corrected chi connectivity index (χ0v) is 9.08. The number of nitrogens with two attached hydrogens (primary N) is 2. The van der Waals surface area contributed by atoms with E-state index in [9.17, 15) is 18.0 Å². The van der Waals surface area contributed by atoms with Gasteiger partial charge in [-0.1, -0.05) is 0 Å². The van der Waals surface area contributed by atoms with Gasteiger partial charge in [0.25, 0.3) is 5.91 Å².